The van der Waals surface area contributed by atoms with E-state index in [0.29, 0.717) is 0 Å². The second kappa shape index (κ2) is 12.4. The number of ether oxygens (including phenoxy) is 3. The van der Waals surface area contributed by atoms with Crippen molar-refractivity contribution >= 4 is 12.4 Å². The van der Waals surface area contributed by atoms with E-state index in [1.807, 2.05) is 24.3 Å². The van der Waals surface area contributed by atoms with Crippen LogP contribution in [0.25, 0.3) is 0 Å². The van der Waals surface area contributed by atoms with Crippen molar-refractivity contribution < 1.29 is 14.2 Å². The summed E-state index contributed by atoms with van der Waals surface area (Å²) in [4.78, 5) is 0. The lowest BCUT2D eigenvalue weighted by Gasteiger charge is -2.10. The molecule has 0 saturated heterocycles. The Hall–Kier alpha value is -1.91. The molecule has 2 aromatic carbocycles. The first-order valence-corrected chi connectivity index (χ1v) is 8.81. The highest BCUT2D eigenvalue weighted by atomic mass is 35.5. The van der Waals surface area contributed by atoms with Crippen molar-refractivity contribution in [1.29, 1.82) is 0 Å². The average Bonchev–Trinajstić information content (AvgIpc) is 2.67. The van der Waals surface area contributed by atoms with Crippen molar-refractivity contribution in [3.05, 3.63) is 53.6 Å². The molecular formula is C21H30ClNO3. The lowest BCUT2D eigenvalue weighted by molar-refractivity contribution is 0.354. The minimum absolute atomic E-state index is 0. The van der Waals surface area contributed by atoms with Crippen molar-refractivity contribution in [2.75, 3.05) is 34.4 Å². The van der Waals surface area contributed by atoms with Crippen LogP contribution in [0.4, 0.5) is 0 Å². The molecule has 2 rings (SSSR count). The average molecular weight is 380 g/mol. The van der Waals surface area contributed by atoms with E-state index < -0.39 is 0 Å². The molecule has 0 fully saturated rings. The topological polar surface area (TPSA) is 39.7 Å². The Balaban J connectivity index is 0.00000338. The van der Waals surface area contributed by atoms with E-state index in [-0.39, 0.29) is 12.4 Å². The predicted octanol–water partition coefficient (Wildman–Crippen LogP) is 4.29. The van der Waals surface area contributed by atoms with Gasteiger partial charge in [-0.2, -0.15) is 0 Å². The molecular weight excluding hydrogens is 350 g/mol. The Morgan fingerprint density at radius 1 is 0.692 bits per heavy atom. The zero-order valence-electron chi connectivity index (χ0n) is 15.9. The Bertz CT molecular complexity index is 632. The predicted molar refractivity (Wildman–Crippen MR) is 109 cm³/mol. The van der Waals surface area contributed by atoms with Gasteiger partial charge in [-0.1, -0.05) is 18.2 Å². The number of hydrogen-bond donors (Lipinski definition) is 1. The van der Waals surface area contributed by atoms with Crippen LogP contribution in [0.15, 0.2) is 42.5 Å². The van der Waals surface area contributed by atoms with Gasteiger partial charge in [-0.25, -0.2) is 0 Å². The summed E-state index contributed by atoms with van der Waals surface area (Å²) in [6.07, 6.45) is 4.47. The van der Waals surface area contributed by atoms with E-state index in [1.165, 1.54) is 24.0 Å². The largest absolute Gasteiger partial charge is 0.497 e. The summed E-state index contributed by atoms with van der Waals surface area (Å²) in [7, 11) is 5.02. The maximum absolute atomic E-state index is 5.34. The van der Waals surface area contributed by atoms with E-state index in [4.69, 9.17) is 14.2 Å². The summed E-state index contributed by atoms with van der Waals surface area (Å²) in [6, 6.07) is 14.4. The first kappa shape index (κ1) is 22.1. The molecule has 0 aromatic heterocycles. The molecule has 0 bridgehead atoms. The SMILES string of the molecule is COc1ccc(CCCCNCCc2ccc(OC)c(OC)c2)cc1.Cl. The number of benzene rings is 2. The molecule has 5 heteroatoms. The van der Waals surface area contributed by atoms with Gasteiger partial charge in [0.15, 0.2) is 11.5 Å². The molecule has 144 valence electrons. The second-order valence-electron chi connectivity index (χ2n) is 5.99. The molecule has 4 nitrogen and oxygen atoms in total. The fourth-order valence-electron chi connectivity index (χ4n) is 2.77. The summed E-state index contributed by atoms with van der Waals surface area (Å²) < 4.78 is 15.8. The van der Waals surface area contributed by atoms with Crippen LogP contribution in [-0.2, 0) is 12.8 Å². The zero-order valence-corrected chi connectivity index (χ0v) is 16.7. The highest BCUT2D eigenvalue weighted by molar-refractivity contribution is 5.85. The van der Waals surface area contributed by atoms with Crippen LogP contribution in [0.1, 0.15) is 24.0 Å². The van der Waals surface area contributed by atoms with Crippen molar-refractivity contribution in [2.45, 2.75) is 25.7 Å². The number of hydrogen-bond acceptors (Lipinski definition) is 4. The molecule has 0 aliphatic rings. The highest BCUT2D eigenvalue weighted by Gasteiger charge is 2.04. The second-order valence-corrected chi connectivity index (χ2v) is 5.99. The fraction of sp³-hybridized carbons (Fsp3) is 0.429. The van der Waals surface area contributed by atoms with Gasteiger partial charge < -0.3 is 19.5 Å². The monoisotopic (exact) mass is 379 g/mol. The number of halogens is 1. The van der Waals surface area contributed by atoms with E-state index in [1.54, 1.807) is 21.3 Å². The smallest absolute Gasteiger partial charge is 0.160 e. The lowest BCUT2D eigenvalue weighted by Crippen LogP contribution is -2.18. The molecule has 1 N–H and O–H groups in total. The number of unbranched alkanes of at least 4 members (excludes halogenated alkanes) is 1. The number of aryl methyl sites for hydroxylation is 1. The summed E-state index contributed by atoms with van der Waals surface area (Å²) >= 11 is 0. The van der Waals surface area contributed by atoms with Crippen molar-refractivity contribution in [2.24, 2.45) is 0 Å². The molecule has 0 spiro atoms. The summed E-state index contributed by atoms with van der Waals surface area (Å²) in [5, 5.41) is 3.51. The lowest BCUT2D eigenvalue weighted by atomic mass is 10.1. The van der Waals surface area contributed by atoms with Crippen molar-refractivity contribution in [1.82, 2.24) is 5.32 Å². The maximum atomic E-state index is 5.34. The van der Waals surface area contributed by atoms with Crippen LogP contribution in [0.3, 0.4) is 0 Å². The third-order valence-corrected chi connectivity index (χ3v) is 4.27. The van der Waals surface area contributed by atoms with Gasteiger partial charge in [0.05, 0.1) is 21.3 Å². The molecule has 0 heterocycles. The van der Waals surface area contributed by atoms with Crippen LogP contribution in [0.5, 0.6) is 17.2 Å². The standard InChI is InChI=1S/C21H29NO3.ClH/c1-23-19-10-7-17(8-11-19)6-4-5-14-22-15-13-18-9-12-20(24-2)21(16-18)25-3;/h7-12,16,22H,4-6,13-15H2,1-3H3;1H. The summed E-state index contributed by atoms with van der Waals surface area (Å²) in [5.41, 5.74) is 2.62. The fourth-order valence-corrected chi connectivity index (χ4v) is 2.77. The van der Waals surface area contributed by atoms with E-state index in [9.17, 15) is 0 Å². The highest BCUT2D eigenvalue weighted by Crippen LogP contribution is 2.27. The van der Waals surface area contributed by atoms with Crippen LogP contribution in [0, 0.1) is 0 Å². The molecule has 0 amide bonds. The molecule has 26 heavy (non-hydrogen) atoms. The Morgan fingerprint density at radius 3 is 2.04 bits per heavy atom. The molecule has 0 saturated carbocycles. The maximum Gasteiger partial charge on any atom is 0.160 e. The quantitative estimate of drug-likeness (QED) is 0.591. The van der Waals surface area contributed by atoms with Crippen LogP contribution >= 0.6 is 12.4 Å². The van der Waals surface area contributed by atoms with Gasteiger partial charge in [-0.3, -0.25) is 0 Å². The van der Waals surface area contributed by atoms with Gasteiger partial charge in [0, 0.05) is 0 Å². The minimum Gasteiger partial charge on any atom is -0.497 e. The molecule has 0 aliphatic heterocycles. The summed E-state index contributed by atoms with van der Waals surface area (Å²) in [5.74, 6) is 2.48. The first-order chi connectivity index (χ1) is 12.3. The van der Waals surface area contributed by atoms with E-state index in [2.05, 4.69) is 23.5 Å². The van der Waals surface area contributed by atoms with Crippen molar-refractivity contribution in [3.63, 3.8) is 0 Å². The van der Waals surface area contributed by atoms with E-state index >= 15 is 0 Å². The number of rotatable bonds is 11. The van der Waals surface area contributed by atoms with Gasteiger partial charge in [0.1, 0.15) is 5.75 Å². The van der Waals surface area contributed by atoms with Crippen LogP contribution < -0.4 is 19.5 Å². The molecule has 0 unspecified atom stereocenters. The number of methoxy groups -OCH3 is 3. The molecule has 0 radical (unpaired) electrons. The first-order valence-electron chi connectivity index (χ1n) is 8.81. The third-order valence-electron chi connectivity index (χ3n) is 4.27. The van der Waals surface area contributed by atoms with Crippen LogP contribution in [0.2, 0.25) is 0 Å². The van der Waals surface area contributed by atoms with Gasteiger partial charge in [-0.15, -0.1) is 12.4 Å². The van der Waals surface area contributed by atoms with Gasteiger partial charge in [-0.05, 0) is 74.2 Å². The molecule has 2 aromatic rings. The minimum atomic E-state index is 0. The Morgan fingerprint density at radius 2 is 1.38 bits per heavy atom. The summed E-state index contributed by atoms with van der Waals surface area (Å²) in [6.45, 7) is 2.02. The Labute approximate surface area is 163 Å². The van der Waals surface area contributed by atoms with Gasteiger partial charge in [0.25, 0.3) is 0 Å². The number of nitrogens with one attached hydrogen (secondary N) is 1. The van der Waals surface area contributed by atoms with E-state index in [0.717, 1.165) is 43.2 Å². The van der Waals surface area contributed by atoms with Gasteiger partial charge >= 0.3 is 0 Å². The van der Waals surface area contributed by atoms with Gasteiger partial charge in [0.2, 0.25) is 0 Å². The zero-order chi connectivity index (χ0) is 17.9. The van der Waals surface area contributed by atoms with Crippen LogP contribution in [-0.4, -0.2) is 34.4 Å². The van der Waals surface area contributed by atoms with Crippen molar-refractivity contribution in [3.8, 4) is 17.2 Å². The molecule has 0 aliphatic carbocycles. The third kappa shape index (κ3) is 7.14. The molecule has 0 atom stereocenters. The Kier molecular flexibility index (Phi) is 10.6. The normalized spacial score (nSPS) is 10.1.